The van der Waals surface area contributed by atoms with Crippen LogP contribution in [0.2, 0.25) is 0 Å². The molecule has 3 aromatic rings. The Morgan fingerprint density at radius 1 is 1.21 bits per heavy atom. The third-order valence-corrected chi connectivity index (χ3v) is 6.79. The van der Waals surface area contributed by atoms with E-state index < -0.39 is 11.9 Å². The summed E-state index contributed by atoms with van der Waals surface area (Å²) >= 11 is 2.84. The number of carbonyl (C=O) groups excluding carboxylic acids is 1. The lowest BCUT2D eigenvalue weighted by molar-refractivity contribution is -0.140. The standard InChI is InChI=1S/C19H17F3N4OS2/c1-11-12-4-5-14(19(20,21)22)25-18(12)29-15(11)17(27)24-13-3-2-6-23-16(13)26-7-9-28-10-8-26/h2-6H,7-10H2,1H3,(H,24,27). The lowest BCUT2D eigenvalue weighted by atomic mass is 10.1. The second-order valence-electron chi connectivity index (χ2n) is 6.53. The molecule has 10 heteroatoms. The van der Waals surface area contributed by atoms with Gasteiger partial charge < -0.3 is 10.2 Å². The summed E-state index contributed by atoms with van der Waals surface area (Å²) in [6.45, 7) is 3.40. The van der Waals surface area contributed by atoms with Crippen molar-refractivity contribution in [2.45, 2.75) is 13.1 Å². The molecule has 1 aliphatic rings. The largest absolute Gasteiger partial charge is 0.433 e. The number of aromatic nitrogens is 2. The van der Waals surface area contributed by atoms with Gasteiger partial charge in [0.15, 0.2) is 5.82 Å². The molecule has 0 unspecified atom stereocenters. The van der Waals surface area contributed by atoms with Gasteiger partial charge >= 0.3 is 6.18 Å². The highest BCUT2D eigenvalue weighted by atomic mass is 32.2. The number of alkyl halides is 3. The number of anilines is 2. The number of aryl methyl sites for hydroxylation is 1. The second-order valence-corrected chi connectivity index (χ2v) is 8.76. The monoisotopic (exact) mass is 438 g/mol. The van der Waals surface area contributed by atoms with Crippen molar-refractivity contribution in [2.75, 3.05) is 34.8 Å². The molecule has 0 radical (unpaired) electrons. The minimum atomic E-state index is -4.52. The van der Waals surface area contributed by atoms with E-state index in [1.807, 2.05) is 11.8 Å². The highest BCUT2D eigenvalue weighted by Crippen LogP contribution is 2.35. The quantitative estimate of drug-likeness (QED) is 0.635. The molecule has 1 fully saturated rings. The fraction of sp³-hybridized carbons (Fsp3) is 0.316. The number of halogens is 3. The number of amides is 1. The van der Waals surface area contributed by atoms with Crippen LogP contribution < -0.4 is 10.2 Å². The van der Waals surface area contributed by atoms with Crippen LogP contribution in [0.5, 0.6) is 0 Å². The van der Waals surface area contributed by atoms with E-state index in [0.29, 0.717) is 27.3 Å². The number of nitrogens with zero attached hydrogens (tertiary/aromatic N) is 3. The number of carbonyl (C=O) groups is 1. The van der Waals surface area contributed by atoms with Crippen LogP contribution in [0.15, 0.2) is 30.5 Å². The zero-order valence-corrected chi connectivity index (χ0v) is 17.0. The molecule has 0 saturated carbocycles. The van der Waals surface area contributed by atoms with Crippen LogP contribution in [-0.2, 0) is 6.18 Å². The summed E-state index contributed by atoms with van der Waals surface area (Å²) in [5.74, 6) is 2.32. The molecule has 0 aromatic carbocycles. The highest BCUT2D eigenvalue weighted by Gasteiger charge is 2.33. The Balaban J connectivity index is 1.64. The van der Waals surface area contributed by atoms with Crippen molar-refractivity contribution >= 4 is 50.7 Å². The number of nitrogens with one attached hydrogen (secondary N) is 1. The summed E-state index contributed by atoms with van der Waals surface area (Å²) in [5.41, 5.74) is 0.240. The number of thioether (sulfide) groups is 1. The Bertz CT molecular complexity index is 1060. The maximum Gasteiger partial charge on any atom is 0.433 e. The third-order valence-electron chi connectivity index (χ3n) is 4.65. The Kier molecular flexibility index (Phi) is 5.39. The van der Waals surface area contributed by atoms with E-state index in [-0.39, 0.29) is 10.7 Å². The van der Waals surface area contributed by atoms with Gasteiger partial charge in [-0.2, -0.15) is 24.9 Å². The summed E-state index contributed by atoms with van der Waals surface area (Å²) < 4.78 is 38.8. The minimum Gasteiger partial charge on any atom is -0.353 e. The molecular formula is C19H17F3N4OS2. The van der Waals surface area contributed by atoms with Gasteiger partial charge in [-0.1, -0.05) is 0 Å². The van der Waals surface area contributed by atoms with Crippen molar-refractivity contribution in [2.24, 2.45) is 0 Å². The zero-order valence-electron chi connectivity index (χ0n) is 15.4. The first-order chi connectivity index (χ1) is 13.8. The second kappa shape index (κ2) is 7.83. The molecule has 0 atom stereocenters. The van der Waals surface area contributed by atoms with Gasteiger partial charge in [0.1, 0.15) is 10.5 Å². The molecule has 1 amide bonds. The van der Waals surface area contributed by atoms with E-state index in [4.69, 9.17) is 0 Å². The van der Waals surface area contributed by atoms with Crippen molar-refractivity contribution in [3.8, 4) is 0 Å². The fourth-order valence-electron chi connectivity index (χ4n) is 3.17. The van der Waals surface area contributed by atoms with E-state index in [0.717, 1.165) is 42.0 Å². The molecule has 29 heavy (non-hydrogen) atoms. The number of thiophene rings is 1. The molecule has 1 saturated heterocycles. The smallest absolute Gasteiger partial charge is 0.353 e. The van der Waals surface area contributed by atoms with E-state index in [1.54, 1.807) is 25.3 Å². The Labute approximate surface area is 173 Å². The number of pyridine rings is 2. The highest BCUT2D eigenvalue weighted by molar-refractivity contribution is 7.99. The minimum absolute atomic E-state index is 0.196. The van der Waals surface area contributed by atoms with Crippen LogP contribution in [0.25, 0.3) is 10.2 Å². The molecular weight excluding hydrogens is 421 g/mol. The number of hydrogen-bond acceptors (Lipinski definition) is 6. The molecule has 5 nitrogen and oxygen atoms in total. The molecule has 0 aliphatic carbocycles. The Morgan fingerprint density at radius 2 is 1.97 bits per heavy atom. The summed E-state index contributed by atoms with van der Waals surface area (Å²) in [6.07, 6.45) is -2.84. The van der Waals surface area contributed by atoms with Crippen LogP contribution in [0, 0.1) is 6.92 Å². The molecule has 0 spiro atoms. The van der Waals surface area contributed by atoms with E-state index in [2.05, 4.69) is 20.2 Å². The first-order valence-electron chi connectivity index (χ1n) is 8.91. The first kappa shape index (κ1) is 20.0. The van der Waals surface area contributed by atoms with Gasteiger partial charge in [0.05, 0.1) is 10.6 Å². The average molecular weight is 439 g/mol. The van der Waals surface area contributed by atoms with Crippen molar-refractivity contribution < 1.29 is 18.0 Å². The van der Waals surface area contributed by atoms with Gasteiger partial charge in [0, 0.05) is 36.2 Å². The van der Waals surface area contributed by atoms with Gasteiger partial charge in [0.2, 0.25) is 0 Å². The lowest BCUT2D eigenvalue weighted by Crippen LogP contribution is -2.34. The zero-order chi connectivity index (χ0) is 20.6. The van der Waals surface area contributed by atoms with Crippen LogP contribution in [0.3, 0.4) is 0 Å². The molecule has 1 N–H and O–H groups in total. The lowest BCUT2D eigenvalue weighted by Gasteiger charge is -2.29. The summed E-state index contributed by atoms with van der Waals surface area (Å²) in [6, 6.07) is 5.84. The van der Waals surface area contributed by atoms with Crippen LogP contribution >= 0.6 is 23.1 Å². The average Bonchev–Trinajstić information content (AvgIpc) is 3.05. The van der Waals surface area contributed by atoms with Crippen molar-refractivity contribution in [1.29, 1.82) is 0 Å². The number of rotatable bonds is 3. The van der Waals surface area contributed by atoms with Gasteiger partial charge in [-0.3, -0.25) is 4.79 Å². The predicted molar refractivity (Wildman–Crippen MR) is 111 cm³/mol. The van der Waals surface area contributed by atoms with Crippen LogP contribution in [-0.4, -0.2) is 40.5 Å². The van der Waals surface area contributed by atoms with Crippen molar-refractivity contribution in [3.63, 3.8) is 0 Å². The van der Waals surface area contributed by atoms with Crippen molar-refractivity contribution in [1.82, 2.24) is 9.97 Å². The molecule has 0 bridgehead atoms. The SMILES string of the molecule is Cc1c(C(=O)Nc2cccnc2N2CCSCC2)sc2nc(C(F)(F)F)ccc12. The van der Waals surface area contributed by atoms with Crippen LogP contribution in [0.1, 0.15) is 20.9 Å². The van der Waals surface area contributed by atoms with Gasteiger partial charge in [-0.05, 0) is 36.8 Å². The fourth-order valence-corrected chi connectivity index (χ4v) is 5.15. The summed E-state index contributed by atoms with van der Waals surface area (Å²) in [7, 11) is 0. The molecule has 1 aliphatic heterocycles. The van der Waals surface area contributed by atoms with Gasteiger partial charge in [0.25, 0.3) is 5.91 Å². The predicted octanol–water partition coefficient (Wildman–Crippen LogP) is 4.82. The Morgan fingerprint density at radius 3 is 2.69 bits per heavy atom. The molecule has 4 rings (SSSR count). The third kappa shape index (κ3) is 4.04. The molecule has 4 heterocycles. The van der Waals surface area contributed by atoms with Crippen LogP contribution in [0.4, 0.5) is 24.7 Å². The molecule has 152 valence electrons. The Hall–Kier alpha value is -2.33. The molecule has 3 aromatic heterocycles. The first-order valence-corrected chi connectivity index (χ1v) is 10.9. The normalized spacial score (nSPS) is 15.0. The summed E-state index contributed by atoms with van der Waals surface area (Å²) in [4.78, 5) is 23.7. The van der Waals surface area contributed by atoms with E-state index in [1.165, 1.54) is 6.07 Å². The van der Waals surface area contributed by atoms with Crippen molar-refractivity contribution in [3.05, 3.63) is 46.6 Å². The van der Waals surface area contributed by atoms with Gasteiger partial charge in [-0.15, -0.1) is 11.3 Å². The maximum atomic E-state index is 12.9. The number of hydrogen-bond donors (Lipinski definition) is 1. The van der Waals surface area contributed by atoms with E-state index >= 15 is 0 Å². The number of fused-ring (bicyclic) bond motifs is 1. The van der Waals surface area contributed by atoms with Gasteiger partial charge in [-0.25, -0.2) is 9.97 Å². The summed E-state index contributed by atoms with van der Waals surface area (Å²) in [5, 5.41) is 3.43. The van der Waals surface area contributed by atoms with E-state index in [9.17, 15) is 18.0 Å². The topological polar surface area (TPSA) is 58.1 Å². The maximum absolute atomic E-state index is 12.9.